The van der Waals surface area contributed by atoms with Gasteiger partial charge in [0.15, 0.2) is 0 Å². The van der Waals surface area contributed by atoms with Gasteiger partial charge in [0.05, 0.1) is 22.0 Å². The summed E-state index contributed by atoms with van der Waals surface area (Å²) in [6, 6.07) is 3.35. The lowest BCUT2D eigenvalue weighted by Crippen LogP contribution is -2.44. The molecule has 0 bridgehead atoms. The Labute approximate surface area is 122 Å². The van der Waals surface area contributed by atoms with Crippen LogP contribution < -0.4 is 5.32 Å². The molecule has 2 atom stereocenters. The van der Waals surface area contributed by atoms with Crippen LogP contribution in [0.1, 0.15) is 5.56 Å². The van der Waals surface area contributed by atoms with E-state index in [1.165, 1.54) is 32.2 Å². The minimum atomic E-state index is -3.91. The van der Waals surface area contributed by atoms with Gasteiger partial charge < -0.3 is 10.4 Å². The lowest BCUT2D eigenvalue weighted by Gasteiger charge is -2.26. The van der Waals surface area contributed by atoms with Crippen LogP contribution in [-0.4, -0.2) is 55.0 Å². The molecular weight excluding hydrogens is 298 g/mol. The zero-order valence-electron chi connectivity index (χ0n) is 11.7. The molecule has 1 aliphatic heterocycles. The summed E-state index contributed by atoms with van der Waals surface area (Å²) in [7, 11) is -2.54. The van der Waals surface area contributed by atoms with Crippen molar-refractivity contribution in [1.82, 2.24) is 9.62 Å². The first kappa shape index (κ1) is 15.8. The van der Waals surface area contributed by atoms with E-state index < -0.39 is 27.1 Å². The van der Waals surface area contributed by atoms with Gasteiger partial charge in [0.1, 0.15) is 0 Å². The van der Waals surface area contributed by atoms with Gasteiger partial charge in [-0.05, 0) is 13.0 Å². The third-order valence-corrected chi connectivity index (χ3v) is 5.75. The number of aliphatic hydroxyl groups is 1. The maximum absolute atomic E-state index is 12.6. The Balaban J connectivity index is 2.45. The van der Waals surface area contributed by atoms with Gasteiger partial charge in [-0.3, -0.25) is 10.1 Å². The number of hydrogen-bond donors (Lipinski definition) is 2. The molecule has 1 aromatic rings. The Bertz CT molecular complexity index is 661. The summed E-state index contributed by atoms with van der Waals surface area (Å²) < 4.78 is 26.3. The third-order valence-electron chi connectivity index (χ3n) is 3.73. The van der Waals surface area contributed by atoms with Crippen LogP contribution in [0.3, 0.4) is 0 Å². The van der Waals surface area contributed by atoms with Gasteiger partial charge in [-0.25, -0.2) is 8.42 Å². The molecule has 1 saturated heterocycles. The molecule has 2 N–H and O–H groups in total. The number of hydrogen-bond acceptors (Lipinski definition) is 6. The second-order valence-electron chi connectivity index (χ2n) is 4.97. The van der Waals surface area contributed by atoms with Crippen LogP contribution in [0.25, 0.3) is 0 Å². The second kappa shape index (κ2) is 5.68. The van der Waals surface area contributed by atoms with Crippen molar-refractivity contribution in [3.63, 3.8) is 0 Å². The Hall–Kier alpha value is -1.55. The van der Waals surface area contributed by atoms with Crippen LogP contribution in [0.4, 0.5) is 5.69 Å². The molecule has 0 spiro atoms. The molecule has 1 aliphatic rings. The average Bonchev–Trinajstić information content (AvgIpc) is 2.83. The lowest BCUT2D eigenvalue weighted by molar-refractivity contribution is -0.385. The molecule has 21 heavy (non-hydrogen) atoms. The van der Waals surface area contributed by atoms with Crippen molar-refractivity contribution >= 4 is 15.7 Å². The van der Waals surface area contributed by atoms with Gasteiger partial charge in [0.2, 0.25) is 10.0 Å². The normalized spacial score (nSPS) is 22.7. The number of sulfonamides is 1. The second-order valence-corrected chi connectivity index (χ2v) is 6.94. The van der Waals surface area contributed by atoms with Crippen molar-refractivity contribution in [1.29, 1.82) is 0 Å². The summed E-state index contributed by atoms with van der Waals surface area (Å²) in [4.78, 5) is 10.2. The first-order valence-electron chi connectivity index (χ1n) is 6.37. The highest BCUT2D eigenvalue weighted by molar-refractivity contribution is 7.89. The van der Waals surface area contributed by atoms with E-state index in [4.69, 9.17) is 0 Å². The van der Waals surface area contributed by atoms with Crippen molar-refractivity contribution in [2.24, 2.45) is 0 Å². The van der Waals surface area contributed by atoms with Gasteiger partial charge in [-0.1, -0.05) is 6.07 Å². The van der Waals surface area contributed by atoms with Crippen LogP contribution in [0.2, 0.25) is 0 Å². The highest BCUT2D eigenvalue weighted by atomic mass is 32.2. The Morgan fingerprint density at radius 3 is 2.62 bits per heavy atom. The minimum Gasteiger partial charge on any atom is -0.390 e. The molecule has 116 valence electrons. The maximum atomic E-state index is 12.6. The van der Waals surface area contributed by atoms with Gasteiger partial charge in [-0.2, -0.15) is 4.31 Å². The van der Waals surface area contributed by atoms with Gasteiger partial charge >= 0.3 is 0 Å². The number of nitrogens with zero attached hydrogens (tertiary/aromatic N) is 2. The van der Waals surface area contributed by atoms with E-state index in [2.05, 4.69) is 5.32 Å². The first-order chi connectivity index (χ1) is 9.76. The average molecular weight is 315 g/mol. The SMILES string of the molecule is Cc1c([N+](=O)[O-])cccc1S(=O)(=O)N(C)[C@@H]1CNC[C@H]1O. The Morgan fingerprint density at radius 1 is 1.43 bits per heavy atom. The van der Waals surface area contributed by atoms with Crippen molar-refractivity contribution in [3.8, 4) is 0 Å². The Kier molecular flexibility index (Phi) is 4.28. The molecule has 1 fully saturated rings. The fraction of sp³-hybridized carbons (Fsp3) is 0.500. The quantitative estimate of drug-likeness (QED) is 0.590. The number of aliphatic hydroxyl groups excluding tert-OH is 1. The zero-order valence-corrected chi connectivity index (χ0v) is 12.5. The van der Waals surface area contributed by atoms with E-state index >= 15 is 0 Å². The number of benzene rings is 1. The number of nitro groups is 1. The fourth-order valence-corrected chi connectivity index (χ4v) is 4.06. The largest absolute Gasteiger partial charge is 0.390 e. The number of rotatable bonds is 4. The highest BCUT2D eigenvalue weighted by Gasteiger charge is 2.37. The van der Waals surface area contributed by atoms with Gasteiger partial charge in [0, 0.05) is 31.8 Å². The molecule has 0 amide bonds. The minimum absolute atomic E-state index is 0.0924. The van der Waals surface area contributed by atoms with E-state index in [-0.39, 0.29) is 16.1 Å². The standard InChI is InChI=1S/C12H17N3O5S/c1-8-9(15(17)18)4-3-5-12(8)21(19,20)14(2)10-6-13-7-11(10)16/h3-5,10-11,13,16H,6-7H2,1-2H3/t10-,11-/m1/s1. The molecule has 2 rings (SSSR count). The molecule has 8 nitrogen and oxygen atoms in total. The van der Waals surface area contributed by atoms with Gasteiger partial charge in [0.25, 0.3) is 5.69 Å². The molecule has 0 saturated carbocycles. The van der Waals surface area contributed by atoms with E-state index in [9.17, 15) is 23.6 Å². The Morgan fingerprint density at radius 2 is 2.10 bits per heavy atom. The lowest BCUT2D eigenvalue weighted by atomic mass is 10.2. The molecule has 1 heterocycles. The molecular formula is C12H17N3O5S. The summed E-state index contributed by atoms with van der Waals surface area (Å²) in [5, 5.41) is 23.6. The third kappa shape index (κ3) is 2.77. The monoisotopic (exact) mass is 315 g/mol. The smallest absolute Gasteiger partial charge is 0.273 e. The number of nitro benzene ring substituents is 1. The van der Waals surface area contributed by atoms with Crippen LogP contribution in [0, 0.1) is 17.0 Å². The zero-order chi connectivity index (χ0) is 15.8. The highest BCUT2D eigenvalue weighted by Crippen LogP contribution is 2.28. The van der Waals surface area contributed by atoms with E-state index in [0.717, 1.165) is 4.31 Å². The predicted molar refractivity (Wildman–Crippen MR) is 75.4 cm³/mol. The van der Waals surface area contributed by atoms with Crippen molar-refractivity contribution in [2.75, 3.05) is 20.1 Å². The van der Waals surface area contributed by atoms with Gasteiger partial charge in [-0.15, -0.1) is 0 Å². The molecule has 0 aromatic heterocycles. The molecule has 0 radical (unpaired) electrons. The van der Waals surface area contributed by atoms with Crippen molar-refractivity contribution in [2.45, 2.75) is 24.0 Å². The van der Waals surface area contributed by atoms with E-state index in [0.29, 0.717) is 13.1 Å². The van der Waals surface area contributed by atoms with Crippen molar-refractivity contribution < 1.29 is 18.4 Å². The molecule has 1 aromatic carbocycles. The molecule has 9 heteroatoms. The maximum Gasteiger partial charge on any atom is 0.273 e. The summed E-state index contributed by atoms with van der Waals surface area (Å²) in [5.74, 6) is 0. The van der Waals surface area contributed by atoms with Crippen LogP contribution in [0.5, 0.6) is 0 Å². The van der Waals surface area contributed by atoms with Crippen LogP contribution in [0.15, 0.2) is 23.1 Å². The molecule has 0 unspecified atom stereocenters. The summed E-state index contributed by atoms with van der Waals surface area (Å²) in [6.45, 7) is 2.06. The van der Waals surface area contributed by atoms with E-state index in [1.807, 2.05) is 0 Å². The van der Waals surface area contributed by atoms with Crippen LogP contribution in [-0.2, 0) is 10.0 Å². The summed E-state index contributed by atoms with van der Waals surface area (Å²) in [5.41, 5.74) is -0.149. The number of β-amino-alcohol motifs (C(OH)–C–C–N with tert-alkyl or cyclic N) is 1. The number of likely N-dealkylation sites (N-methyl/N-ethyl adjacent to an activating group) is 1. The topological polar surface area (TPSA) is 113 Å². The fourth-order valence-electron chi connectivity index (χ4n) is 2.44. The van der Waals surface area contributed by atoms with Crippen LogP contribution >= 0.6 is 0 Å². The van der Waals surface area contributed by atoms with E-state index in [1.54, 1.807) is 0 Å². The van der Waals surface area contributed by atoms with Crippen molar-refractivity contribution in [3.05, 3.63) is 33.9 Å². The summed E-state index contributed by atoms with van der Waals surface area (Å²) in [6.07, 6.45) is -0.802. The summed E-state index contributed by atoms with van der Waals surface area (Å²) >= 11 is 0. The number of nitrogens with one attached hydrogen (secondary N) is 1. The molecule has 0 aliphatic carbocycles. The predicted octanol–water partition coefficient (Wildman–Crippen LogP) is -0.144. The first-order valence-corrected chi connectivity index (χ1v) is 7.81.